The van der Waals surface area contributed by atoms with Gasteiger partial charge in [0, 0.05) is 38.1 Å². The van der Waals surface area contributed by atoms with Crippen LogP contribution in [0.3, 0.4) is 0 Å². The molecule has 1 N–H and O–H groups in total. The van der Waals surface area contributed by atoms with Crippen molar-refractivity contribution in [3.63, 3.8) is 0 Å². The van der Waals surface area contributed by atoms with E-state index in [1.165, 1.54) is 15.9 Å². The summed E-state index contributed by atoms with van der Waals surface area (Å²) in [6, 6.07) is 4.72. The molecule has 1 heterocycles. The molecule has 0 aliphatic carbocycles. The molecule has 2 rings (SSSR count). The molecule has 1 aromatic carbocycles. The molecular formula is C20H28F3N3O2. The monoisotopic (exact) mass is 399 g/mol. The largest absolute Gasteiger partial charge is 0.416 e. The molecule has 1 aliphatic heterocycles. The lowest BCUT2D eigenvalue weighted by Crippen LogP contribution is -2.48. The second-order valence-electron chi connectivity index (χ2n) is 8.27. The zero-order valence-electron chi connectivity index (χ0n) is 16.9. The number of urea groups is 1. The van der Waals surface area contributed by atoms with Crippen molar-refractivity contribution in [1.82, 2.24) is 15.1 Å². The maximum atomic E-state index is 13.1. The van der Waals surface area contributed by atoms with E-state index in [0.717, 1.165) is 12.1 Å². The topological polar surface area (TPSA) is 52.7 Å². The number of hydrogen-bond donors (Lipinski definition) is 1. The molecule has 156 valence electrons. The molecule has 0 aromatic heterocycles. The standard InChI is InChI=1S/C20H28F3N3O2/c1-6-25(5)17(27)16-12-26(18(28)24-19(2,3)4)11-15(16)13-8-7-9-14(10-13)20(21,22)23/h7-10,15-16H,6,11-12H2,1-5H3,(H,24,28). The van der Waals surface area contributed by atoms with Gasteiger partial charge in [0.2, 0.25) is 5.91 Å². The van der Waals surface area contributed by atoms with Crippen LogP contribution in [0.25, 0.3) is 0 Å². The number of nitrogens with one attached hydrogen (secondary N) is 1. The quantitative estimate of drug-likeness (QED) is 0.843. The predicted octanol–water partition coefficient (Wildman–Crippen LogP) is 3.71. The molecule has 1 fully saturated rings. The summed E-state index contributed by atoms with van der Waals surface area (Å²) in [5.74, 6) is -1.25. The first-order valence-corrected chi connectivity index (χ1v) is 9.32. The van der Waals surface area contributed by atoms with Gasteiger partial charge in [0.25, 0.3) is 0 Å². The minimum atomic E-state index is -4.46. The van der Waals surface area contributed by atoms with E-state index in [1.54, 1.807) is 13.1 Å². The summed E-state index contributed by atoms with van der Waals surface area (Å²) < 4.78 is 39.4. The zero-order chi connectivity index (χ0) is 21.3. The number of alkyl halides is 3. The maximum Gasteiger partial charge on any atom is 0.416 e. The molecule has 1 saturated heterocycles. The normalized spacial score (nSPS) is 20.2. The van der Waals surface area contributed by atoms with Crippen LogP contribution in [-0.2, 0) is 11.0 Å². The number of hydrogen-bond acceptors (Lipinski definition) is 2. The highest BCUT2D eigenvalue weighted by Crippen LogP contribution is 2.37. The highest BCUT2D eigenvalue weighted by Gasteiger charge is 2.42. The summed E-state index contributed by atoms with van der Waals surface area (Å²) >= 11 is 0. The van der Waals surface area contributed by atoms with Crippen molar-refractivity contribution < 1.29 is 22.8 Å². The molecule has 1 aliphatic rings. The van der Waals surface area contributed by atoms with Crippen molar-refractivity contribution in [2.75, 3.05) is 26.7 Å². The lowest BCUT2D eigenvalue weighted by molar-refractivity contribution is -0.137. The molecule has 0 spiro atoms. The molecule has 1 aromatic rings. The van der Waals surface area contributed by atoms with E-state index in [9.17, 15) is 22.8 Å². The lowest BCUT2D eigenvalue weighted by atomic mass is 9.87. The Balaban J connectivity index is 2.35. The number of amides is 3. The number of benzene rings is 1. The molecular weight excluding hydrogens is 371 g/mol. The first-order chi connectivity index (χ1) is 12.8. The second kappa shape index (κ2) is 8.01. The molecule has 0 bridgehead atoms. The summed E-state index contributed by atoms with van der Waals surface area (Å²) in [6.07, 6.45) is -4.46. The molecule has 2 atom stereocenters. The molecule has 5 nitrogen and oxygen atoms in total. The average molecular weight is 399 g/mol. The van der Waals surface area contributed by atoms with E-state index < -0.39 is 29.1 Å². The summed E-state index contributed by atoms with van der Waals surface area (Å²) in [5, 5.41) is 2.85. The van der Waals surface area contributed by atoms with Gasteiger partial charge in [0.05, 0.1) is 11.5 Å². The zero-order valence-corrected chi connectivity index (χ0v) is 16.9. The third-order valence-electron chi connectivity index (χ3n) is 4.90. The highest BCUT2D eigenvalue weighted by atomic mass is 19.4. The summed E-state index contributed by atoms with van der Waals surface area (Å²) in [5.41, 5.74) is -0.785. The minimum absolute atomic E-state index is 0.170. The van der Waals surface area contributed by atoms with Crippen LogP contribution in [0.15, 0.2) is 24.3 Å². The van der Waals surface area contributed by atoms with Crippen LogP contribution in [0.2, 0.25) is 0 Å². The van der Waals surface area contributed by atoms with Gasteiger partial charge in [-0.1, -0.05) is 18.2 Å². The molecule has 0 radical (unpaired) electrons. The molecule has 28 heavy (non-hydrogen) atoms. The fourth-order valence-corrected chi connectivity index (χ4v) is 3.34. The van der Waals surface area contributed by atoms with Gasteiger partial charge in [-0.3, -0.25) is 4.79 Å². The Morgan fingerprint density at radius 1 is 1.21 bits per heavy atom. The molecule has 3 amide bonds. The van der Waals surface area contributed by atoms with Crippen LogP contribution in [-0.4, -0.2) is 54.0 Å². The fraction of sp³-hybridized carbons (Fsp3) is 0.600. The Morgan fingerprint density at radius 3 is 2.39 bits per heavy atom. The third-order valence-corrected chi connectivity index (χ3v) is 4.90. The van der Waals surface area contributed by atoms with Gasteiger partial charge in [0.1, 0.15) is 0 Å². The lowest BCUT2D eigenvalue weighted by Gasteiger charge is -2.25. The Bertz CT molecular complexity index is 728. The maximum absolute atomic E-state index is 13.1. The van der Waals surface area contributed by atoms with Crippen LogP contribution in [0, 0.1) is 5.92 Å². The van der Waals surface area contributed by atoms with Crippen LogP contribution in [0.4, 0.5) is 18.0 Å². The SMILES string of the molecule is CCN(C)C(=O)C1CN(C(=O)NC(C)(C)C)CC1c1cccc(C(F)(F)F)c1. The van der Waals surface area contributed by atoms with Crippen molar-refractivity contribution in [1.29, 1.82) is 0 Å². The fourth-order valence-electron chi connectivity index (χ4n) is 3.34. The van der Waals surface area contributed by atoms with Crippen LogP contribution in [0.5, 0.6) is 0 Å². The van der Waals surface area contributed by atoms with E-state index in [4.69, 9.17) is 0 Å². The van der Waals surface area contributed by atoms with Crippen molar-refractivity contribution in [3.8, 4) is 0 Å². The number of carbonyl (C=O) groups excluding carboxylic acids is 2. The van der Waals surface area contributed by atoms with Crippen molar-refractivity contribution in [2.24, 2.45) is 5.92 Å². The van der Waals surface area contributed by atoms with Gasteiger partial charge in [-0.15, -0.1) is 0 Å². The van der Waals surface area contributed by atoms with Gasteiger partial charge in [0.15, 0.2) is 0 Å². The van der Waals surface area contributed by atoms with Crippen LogP contribution >= 0.6 is 0 Å². The Morgan fingerprint density at radius 2 is 1.86 bits per heavy atom. The first kappa shape index (κ1) is 22.0. The van der Waals surface area contributed by atoms with E-state index in [0.29, 0.717) is 12.1 Å². The van der Waals surface area contributed by atoms with Gasteiger partial charge >= 0.3 is 12.2 Å². The van der Waals surface area contributed by atoms with E-state index in [-0.39, 0.29) is 25.0 Å². The summed E-state index contributed by atoms with van der Waals surface area (Å²) in [6.45, 7) is 8.22. The Hall–Kier alpha value is -2.25. The smallest absolute Gasteiger partial charge is 0.346 e. The van der Waals surface area contributed by atoms with Crippen molar-refractivity contribution >= 4 is 11.9 Å². The second-order valence-corrected chi connectivity index (χ2v) is 8.27. The number of nitrogens with zero attached hydrogens (tertiary/aromatic N) is 2. The van der Waals surface area contributed by atoms with E-state index in [2.05, 4.69) is 5.32 Å². The Kier molecular flexibility index (Phi) is 6.31. The molecule has 0 saturated carbocycles. The van der Waals surface area contributed by atoms with Gasteiger partial charge in [-0.25, -0.2) is 4.79 Å². The van der Waals surface area contributed by atoms with Crippen molar-refractivity contribution in [3.05, 3.63) is 35.4 Å². The summed E-state index contributed by atoms with van der Waals surface area (Å²) in [4.78, 5) is 28.5. The van der Waals surface area contributed by atoms with E-state index in [1.807, 2.05) is 27.7 Å². The molecule has 2 unspecified atom stereocenters. The highest BCUT2D eigenvalue weighted by molar-refractivity contribution is 5.83. The van der Waals surface area contributed by atoms with Crippen molar-refractivity contribution in [2.45, 2.75) is 45.3 Å². The minimum Gasteiger partial charge on any atom is -0.346 e. The van der Waals surface area contributed by atoms with Crippen LogP contribution in [0.1, 0.15) is 44.7 Å². The van der Waals surface area contributed by atoms with Crippen LogP contribution < -0.4 is 5.32 Å². The van der Waals surface area contributed by atoms with Gasteiger partial charge in [-0.2, -0.15) is 13.2 Å². The number of rotatable bonds is 3. The predicted molar refractivity (Wildman–Crippen MR) is 101 cm³/mol. The Labute approximate surface area is 163 Å². The van der Waals surface area contributed by atoms with Gasteiger partial charge in [-0.05, 0) is 39.3 Å². The third kappa shape index (κ3) is 5.17. The number of halogens is 3. The van der Waals surface area contributed by atoms with E-state index >= 15 is 0 Å². The first-order valence-electron chi connectivity index (χ1n) is 9.32. The molecule has 8 heteroatoms. The number of likely N-dealkylation sites (tertiary alicyclic amines) is 1. The average Bonchev–Trinajstić information content (AvgIpc) is 3.04. The number of carbonyl (C=O) groups is 2. The summed E-state index contributed by atoms with van der Waals surface area (Å²) in [7, 11) is 1.66. The van der Waals surface area contributed by atoms with Gasteiger partial charge < -0.3 is 15.1 Å².